The van der Waals surface area contributed by atoms with Gasteiger partial charge in [0.2, 0.25) is 0 Å². The summed E-state index contributed by atoms with van der Waals surface area (Å²) in [5, 5.41) is 14.8. The molecule has 6 heteroatoms. The third-order valence-corrected chi connectivity index (χ3v) is 6.27. The van der Waals surface area contributed by atoms with E-state index in [1.165, 1.54) is 12.1 Å². The van der Waals surface area contributed by atoms with Crippen LogP contribution in [0.25, 0.3) is 10.8 Å². The van der Waals surface area contributed by atoms with Crippen LogP contribution >= 0.6 is 0 Å². The van der Waals surface area contributed by atoms with Gasteiger partial charge in [-0.05, 0) is 72.7 Å². The topological polar surface area (TPSA) is 71.5 Å². The molecule has 5 nitrogen and oxygen atoms in total. The number of hydrogen-bond acceptors (Lipinski definition) is 4. The molecule has 2 N–H and O–H groups in total. The molecule has 0 bridgehead atoms. The van der Waals surface area contributed by atoms with Crippen LogP contribution < -0.4 is 10.1 Å². The number of aliphatic carboxylic acids is 1. The summed E-state index contributed by atoms with van der Waals surface area (Å²) < 4.78 is 19.3. The van der Waals surface area contributed by atoms with Crippen LogP contribution in [0.15, 0.2) is 79.0 Å². The van der Waals surface area contributed by atoms with E-state index in [-0.39, 0.29) is 11.9 Å². The lowest BCUT2D eigenvalue weighted by atomic mass is 9.94. The average Bonchev–Trinajstić information content (AvgIpc) is 3.63. The van der Waals surface area contributed by atoms with Crippen molar-refractivity contribution in [2.75, 3.05) is 5.32 Å². The van der Waals surface area contributed by atoms with Crippen molar-refractivity contribution in [3.05, 3.63) is 95.9 Å². The van der Waals surface area contributed by atoms with Gasteiger partial charge in [-0.1, -0.05) is 36.4 Å². The summed E-state index contributed by atoms with van der Waals surface area (Å²) in [4.78, 5) is 16.1. The minimum Gasteiger partial charge on any atom is -0.481 e. The van der Waals surface area contributed by atoms with E-state index in [1.54, 1.807) is 18.3 Å². The lowest BCUT2D eigenvalue weighted by Gasteiger charge is -2.19. The molecule has 3 aromatic carbocycles. The lowest BCUT2D eigenvalue weighted by Crippen LogP contribution is -2.19. The summed E-state index contributed by atoms with van der Waals surface area (Å²) in [6, 6.07) is 21.3. The highest BCUT2D eigenvalue weighted by atomic mass is 19.1. The number of nitrogens with zero attached hydrogens (tertiary/aromatic N) is 1. The number of benzene rings is 3. The van der Waals surface area contributed by atoms with Crippen LogP contribution in [0.4, 0.5) is 10.2 Å². The maximum Gasteiger partial charge on any atom is 0.314 e. The van der Waals surface area contributed by atoms with Gasteiger partial charge in [-0.2, -0.15) is 0 Å². The highest BCUT2D eigenvalue weighted by molar-refractivity contribution is 5.97. The lowest BCUT2D eigenvalue weighted by molar-refractivity contribution is -0.140. The normalized spacial score (nSPS) is 15.1. The first-order chi connectivity index (χ1) is 16.0. The Morgan fingerprint density at radius 1 is 1.06 bits per heavy atom. The molecule has 1 saturated carbocycles. The minimum atomic E-state index is -0.755. The minimum absolute atomic E-state index is 0.0731. The molecule has 1 aromatic heterocycles. The molecule has 4 aromatic rings. The van der Waals surface area contributed by atoms with Crippen molar-refractivity contribution >= 4 is 22.6 Å². The number of halogens is 1. The number of fused-ring (bicyclic) bond motifs is 1. The number of hydrogen-bond donors (Lipinski definition) is 2. The molecule has 0 spiro atoms. The van der Waals surface area contributed by atoms with Gasteiger partial charge in [0.1, 0.15) is 23.1 Å². The number of carboxylic acids is 1. The molecule has 166 valence electrons. The fourth-order valence-electron chi connectivity index (χ4n) is 4.15. The molecule has 5 rings (SSSR count). The number of pyridine rings is 1. The van der Waals surface area contributed by atoms with E-state index in [2.05, 4.69) is 10.3 Å². The monoisotopic (exact) mass is 442 g/mol. The maximum absolute atomic E-state index is 13.3. The predicted molar refractivity (Wildman–Crippen MR) is 125 cm³/mol. The zero-order valence-electron chi connectivity index (χ0n) is 18.1. The van der Waals surface area contributed by atoms with Crippen molar-refractivity contribution in [3.8, 4) is 11.5 Å². The summed E-state index contributed by atoms with van der Waals surface area (Å²) in [6.45, 7) is 2.03. The van der Waals surface area contributed by atoms with Crippen LogP contribution in [0.3, 0.4) is 0 Å². The number of aromatic nitrogens is 1. The van der Waals surface area contributed by atoms with E-state index in [4.69, 9.17) is 4.74 Å². The summed E-state index contributed by atoms with van der Waals surface area (Å²) in [5.41, 5.74) is 1.17. The van der Waals surface area contributed by atoms with E-state index in [9.17, 15) is 14.3 Å². The molecule has 0 saturated heterocycles. The van der Waals surface area contributed by atoms with Gasteiger partial charge in [-0.15, -0.1) is 0 Å². The molecular formula is C27H23FN2O3. The van der Waals surface area contributed by atoms with Crippen molar-refractivity contribution in [1.29, 1.82) is 0 Å². The van der Waals surface area contributed by atoms with Crippen molar-refractivity contribution in [3.63, 3.8) is 0 Å². The first kappa shape index (κ1) is 20.9. The zero-order valence-corrected chi connectivity index (χ0v) is 18.1. The Hall–Kier alpha value is -3.93. The van der Waals surface area contributed by atoms with E-state index in [0.29, 0.717) is 30.2 Å². The second-order valence-electron chi connectivity index (χ2n) is 8.45. The van der Waals surface area contributed by atoms with Gasteiger partial charge in [-0.3, -0.25) is 4.79 Å². The van der Waals surface area contributed by atoms with Crippen LogP contribution in [0.2, 0.25) is 0 Å². The number of ether oxygens (including phenoxy) is 1. The maximum atomic E-state index is 13.3. The van der Waals surface area contributed by atoms with Crippen LogP contribution in [0, 0.1) is 5.82 Å². The van der Waals surface area contributed by atoms with Gasteiger partial charge in [0.15, 0.2) is 0 Å². The van der Waals surface area contributed by atoms with Gasteiger partial charge in [0, 0.05) is 12.2 Å². The Kier molecular flexibility index (Phi) is 5.21. The van der Waals surface area contributed by atoms with Crippen molar-refractivity contribution < 1.29 is 19.0 Å². The Labute approximate surface area is 190 Å². The van der Waals surface area contributed by atoms with Crippen LogP contribution in [-0.4, -0.2) is 16.1 Å². The quantitative estimate of drug-likeness (QED) is 0.344. The largest absolute Gasteiger partial charge is 0.481 e. The second-order valence-corrected chi connectivity index (χ2v) is 8.45. The van der Waals surface area contributed by atoms with Gasteiger partial charge in [-0.25, -0.2) is 9.37 Å². The van der Waals surface area contributed by atoms with Gasteiger partial charge >= 0.3 is 5.97 Å². The fourth-order valence-corrected chi connectivity index (χ4v) is 4.15. The molecule has 1 atom stereocenters. The predicted octanol–water partition coefficient (Wildman–Crippen LogP) is 6.46. The number of rotatable bonds is 7. The molecule has 0 radical (unpaired) electrons. The SMILES string of the molecule is C[C@H](Nc1nccc2cccc(Oc3ccc(F)cc3)c12)c1ccc(C2(C(=O)O)CC2)cc1. The number of carbonyl (C=O) groups is 1. The summed E-state index contributed by atoms with van der Waals surface area (Å²) in [7, 11) is 0. The van der Waals surface area contributed by atoms with Crippen molar-refractivity contribution in [1.82, 2.24) is 4.98 Å². The van der Waals surface area contributed by atoms with E-state index < -0.39 is 11.4 Å². The summed E-state index contributed by atoms with van der Waals surface area (Å²) in [5.74, 6) is 0.755. The molecule has 1 heterocycles. The Balaban J connectivity index is 1.42. The van der Waals surface area contributed by atoms with Crippen molar-refractivity contribution in [2.45, 2.75) is 31.2 Å². The molecule has 1 aliphatic rings. The van der Waals surface area contributed by atoms with Crippen molar-refractivity contribution in [2.24, 2.45) is 0 Å². The van der Waals surface area contributed by atoms with Crippen LogP contribution in [-0.2, 0) is 10.2 Å². The molecule has 0 unspecified atom stereocenters. The smallest absolute Gasteiger partial charge is 0.314 e. The highest BCUT2D eigenvalue weighted by Gasteiger charge is 2.51. The third-order valence-electron chi connectivity index (χ3n) is 6.27. The molecule has 33 heavy (non-hydrogen) atoms. The van der Waals surface area contributed by atoms with Gasteiger partial charge < -0.3 is 15.2 Å². The van der Waals surface area contributed by atoms with Gasteiger partial charge in [0.25, 0.3) is 0 Å². The second kappa shape index (κ2) is 8.20. The summed E-state index contributed by atoms with van der Waals surface area (Å²) in [6.07, 6.45) is 3.12. The number of carboxylic acid groups (broad SMARTS) is 1. The Morgan fingerprint density at radius 2 is 1.79 bits per heavy atom. The average molecular weight is 442 g/mol. The molecular weight excluding hydrogens is 419 g/mol. The van der Waals surface area contributed by atoms with Crippen LogP contribution in [0.5, 0.6) is 11.5 Å². The number of nitrogens with one attached hydrogen (secondary N) is 1. The van der Waals surface area contributed by atoms with E-state index >= 15 is 0 Å². The standard InChI is InChI=1S/C27H23FN2O3/c1-17(18-5-7-20(8-6-18)27(14-15-27)26(31)32)30-25-24-19(13-16-29-25)3-2-4-23(24)33-22-11-9-21(28)10-12-22/h2-13,16-17H,14-15H2,1H3,(H,29,30)(H,31,32)/t17-/m0/s1. The first-order valence-corrected chi connectivity index (χ1v) is 10.9. The third kappa shape index (κ3) is 4.00. The van der Waals surface area contributed by atoms with Crippen LogP contribution in [0.1, 0.15) is 36.9 Å². The van der Waals surface area contributed by atoms with Gasteiger partial charge in [0.05, 0.1) is 10.8 Å². The first-order valence-electron chi connectivity index (χ1n) is 10.9. The Bertz CT molecular complexity index is 1310. The molecule has 0 aliphatic heterocycles. The van der Waals surface area contributed by atoms with E-state index in [0.717, 1.165) is 21.9 Å². The summed E-state index contributed by atoms with van der Waals surface area (Å²) >= 11 is 0. The Morgan fingerprint density at radius 3 is 2.45 bits per heavy atom. The van der Waals surface area contributed by atoms with E-state index in [1.807, 2.05) is 55.5 Å². The molecule has 0 amide bonds. The molecule has 1 fully saturated rings. The zero-order chi connectivity index (χ0) is 23.0. The highest BCUT2D eigenvalue weighted by Crippen LogP contribution is 2.48. The molecule has 1 aliphatic carbocycles. The number of anilines is 1. The fraction of sp³-hybridized carbons (Fsp3) is 0.185.